The van der Waals surface area contributed by atoms with Crippen LogP contribution < -0.4 is 5.73 Å². The molecular weight excluding hydrogens is 90.1 g/mol. The van der Waals surface area contributed by atoms with Crippen LogP contribution in [0.4, 0.5) is 0 Å². The van der Waals surface area contributed by atoms with Gasteiger partial charge in [0.05, 0.1) is 6.10 Å². The lowest BCUT2D eigenvalue weighted by Gasteiger charge is -2.06. The molecule has 0 spiro atoms. The van der Waals surface area contributed by atoms with E-state index in [-0.39, 0.29) is 6.10 Å². The molecule has 0 aromatic carbocycles. The minimum atomic E-state index is 0.153. The number of hydrogen-bond donors (Lipinski definition) is 0. The summed E-state index contributed by atoms with van der Waals surface area (Å²) in [6.07, 6.45) is 1.10. The van der Waals surface area contributed by atoms with Crippen molar-refractivity contribution < 1.29 is 4.74 Å². The molecule has 0 rings (SSSR count). The van der Waals surface area contributed by atoms with Gasteiger partial charge >= 0.3 is 0 Å². The Labute approximate surface area is 44.7 Å². The minimum absolute atomic E-state index is 0.153. The summed E-state index contributed by atoms with van der Waals surface area (Å²) >= 11 is 0. The van der Waals surface area contributed by atoms with Gasteiger partial charge in [-0.1, -0.05) is 6.92 Å². The Morgan fingerprint density at radius 1 is 1.71 bits per heavy atom. The van der Waals surface area contributed by atoms with E-state index in [1.54, 1.807) is 7.11 Å². The Bertz CT molecular complexity index is 29.6. The summed E-state index contributed by atoms with van der Waals surface area (Å²) in [7, 11) is 1.64. The summed E-state index contributed by atoms with van der Waals surface area (Å²) in [6.45, 7) is 2.40. The molecular formula is C5H12NO. The molecule has 0 aromatic heterocycles. The highest BCUT2D eigenvalue weighted by molar-refractivity contribution is 4.51. The predicted molar refractivity (Wildman–Crippen MR) is 29.1 cm³/mol. The van der Waals surface area contributed by atoms with E-state index in [4.69, 9.17) is 10.5 Å². The Hall–Kier alpha value is -0.0800. The Morgan fingerprint density at radius 2 is 2.29 bits per heavy atom. The van der Waals surface area contributed by atoms with Crippen LogP contribution in [0.3, 0.4) is 0 Å². The van der Waals surface area contributed by atoms with Gasteiger partial charge in [0.25, 0.3) is 0 Å². The number of ether oxygens (including phenoxy) is 1. The van der Waals surface area contributed by atoms with Crippen LogP contribution in [0, 0.1) is 0 Å². The van der Waals surface area contributed by atoms with Crippen molar-refractivity contribution in [3.63, 3.8) is 0 Å². The topological polar surface area (TPSA) is 33.0 Å². The van der Waals surface area contributed by atoms with Crippen molar-refractivity contribution in [2.24, 2.45) is 0 Å². The van der Waals surface area contributed by atoms with Crippen LogP contribution in [0.15, 0.2) is 0 Å². The van der Waals surface area contributed by atoms with E-state index in [1.165, 1.54) is 0 Å². The number of methoxy groups -OCH3 is 1. The van der Waals surface area contributed by atoms with Gasteiger partial charge in [-0.25, -0.2) is 0 Å². The third kappa shape index (κ3) is 2.60. The maximum absolute atomic E-state index is 6.83. The molecule has 1 atom stereocenters. The van der Waals surface area contributed by atoms with Crippen molar-refractivity contribution in [3.8, 4) is 0 Å². The smallest absolute Gasteiger partial charge is 0.0707 e. The van der Waals surface area contributed by atoms with Crippen molar-refractivity contribution in [2.75, 3.05) is 13.7 Å². The van der Waals surface area contributed by atoms with Crippen LogP contribution in [0.1, 0.15) is 13.3 Å². The summed E-state index contributed by atoms with van der Waals surface area (Å²) < 4.78 is 4.86. The fourth-order valence-corrected chi connectivity index (χ4v) is 0.394. The third-order valence-corrected chi connectivity index (χ3v) is 1.02. The molecule has 0 aliphatic rings. The van der Waals surface area contributed by atoms with Gasteiger partial charge in [-0.05, 0) is 6.42 Å². The fourth-order valence-electron chi connectivity index (χ4n) is 0.394. The summed E-state index contributed by atoms with van der Waals surface area (Å²) in [5, 5.41) is 0. The molecule has 1 radical (unpaired) electrons. The molecule has 0 aromatic rings. The van der Waals surface area contributed by atoms with Gasteiger partial charge in [-0.15, -0.1) is 0 Å². The van der Waals surface area contributed by atoms with Gasteiger partial charge in [0.1, 0.15) is 0 Å². The third-order valence-electron chi connectivity index (χ3n) is 1.02. The molecule has 0 aliphatic carbocycles. The molecule has 0 saturated carbocycles. The first-order valence-corrected chi connectivity index (χ1v) is 2.52. The molecule has 1 unspecified atom stereocenters. The molecule has 0 bridgehead atoms. The SMILES string of the molecule is CCC(C[NH])OC. The molecule has 2 heteroatoms. The first kappa shape index (κ1) is 6.92. The highest BCUT2D eigenvalue weighted by atomic mass is 16.5. The molecule has 1 N–H and O–H groups in total. The van der Waals surface area contributed by atoms with Crippen LogP contribution in [-0.4, -0.2) is 19.8 Å². The van der Waals surface area contributed by atoms with Crippen molar-refractivity contribution in [1.29, 1.82) is 0 Å². The second kappa shape index (κ2) is 4.09. The van der Waals surface area contributed by atoms with Gasteiger partial charge in [-0.2, -0.15) is 0 Å². The quantitative estimate of drug-likeness (QED) is 0.516. The van der Waals surface area contributed by atoms with Crippen LogP contribution >= 0.6 is 0 Å². The molecule has 7 heavy (non-hydrogen) atoms. The van der Waals surface area contributed by atoms with E-state index < -0.39 is 0 Å². The van der Waals surface area contributed by atoms with Crippen LogP contribution in [0.5, 0.6) is 0 Å². The summed E-state index contributed by atoms with van der Waals surface area (Å²) in [5.74, 6) is 0. The van der Waals surface area contributed by atoms with Crippen molar-refractivity contribution in [2.45, 2.75) is 19.4 Å². The van der Waals surface area contributed by atoms with Crippen LogP contribution in [0.25, 0.3) is 0 Å². The van der Waals surface area contributed by atoms with Crippen molar-refractivity contribution in [1.82, 2.24) is 5.73 Å². The lowest BCUT2D eigenvalue weighted by Crippen LogP contribution is -2.14. The molecule has 2 nitrogen and oxygen atoms in total. The minimum Gasteiger partial charge on any atom is -0.380 e. The molecule has 0 aliphatic heterocycles. The number of rotatable bonds is 3. The average Bonchev–Trinajstić information content (AvgIpc) is 1.72. The van der Waals surface area contributed by atoms with Crippen LogP contribution in [-0.2, 0) is 4.74 Å². The number of hydrogen-bond acceptors (Lipinski definition) is 1. The normalized spacial score (nSPS) is 14.1. The summed E-state index contributed by atoms with van der Waals surface area (Å²) in [6, 6.07) is 0. The highest BCUT2D eigenvalue weighted by Crippen LogP contribution is 1.90. The Balaban J connectivity index is 2.99. The molecule has 0 heterocycles. The lowest BCUT2D eigenvalue weighted by atomic mass is 10.3. The fraction of sp³-hybridized carbons (Fsp3) is 1.00. The van der Waals surface area contributed by atoms with E-state index in [9.17, 15) is 0 Å². The van der Waals surface area contributed by atoms with E-state index >= 15 is 0 Å². The zero-order valence-electron chi connectivity index (χ0n) is 4.90. The van der Waals surface area contributed by atoms with Gasteiger partial charge < -0.3 is 4.74 Å². The maximum Gasteiger partial charge on any atom is 0.0707 e. The van der Waals surface area contributed by atoms with Crippen molar-refractivity contribution >= 4 is 0 Å². The molecule has 0 fully saturated rings. The highest BCUT2D eigenvalue weighted by Gasteiger charge is 1.97. The van der Waals surface area contributed by atoms with Crippen molar-refractivity contribution in [3.05, 3.63) is 0 Å². The first-order chi connectivity index (χ1) is 3.35. The lowest BCUT2D eigenvalue weighted by molar-refractivity contribution is 0.105. The van der Waals surface area contributed by atoms with Gasteiger partial charge in [-0.3, -0.25) is 5.73 Å². The van der Waals surface area contributed by atoms with Gasteiger partial charge in [0.2, 0.25) is 0 Å². The van der Waals surface area contributed by atoms with Crippen LogP contribution in [0.2, 0.25) is 0 Å². The first-order valence-electron chi connectivity index (χ1n) is 2.52. The van der Waals surface area contributed by atoms with E-state index in [1.807, 2.05) is 6.92 Å². The predicted octanol–water partition coefficient (Wildman–Crippen LogP) is 0.694. The zero-order valence-corrected chi connectivity index (χ0v) is 4.90. The van der Waals surface area contributed by atoms with Gasteiger partial charge in [0.15, 0.2) is 0 Å². The summed E-state index contributed by atoms with van der Waals surface area (Å²) in [4.78, 5) is 0. The zero-order chi connectivity index (χ0) is 5.70. The summed E-state index contributed by atoms with van der Waals surface area (Å²) in [5.41, 5.74) is 6.83. The standard InChI is InChI=1S/C5H12NO/c1-3-5(4-6)7-2/h5-6H,3-4H2,1-2H3. The molecule has 43 valence electrons. The second-order valence-electron chi connectivity index (χ2n) is 1.47. The molecule has 0 saturated heterocycles. The second-order valence-corrected chi connectivity index (χ2v) is 1.47. The average molecular weight is 102 g/mol. The largest absolute Gasteiger partial charge is 0.380 e. The Morgan fingerprint density at radius 3 is 2.29 bits per heavy atom. The van der Waals surface area contributed by atoms with E-state index in [2.05, 4.69) is 0 Å². The monoisotopic (exact) mass is 102 g/mol. The van der Waals surface area contributed by atoms with E-state index in [0.717, 1.165) is 6.42 Å². The Kier molecular flexibility index (Phi) is 4.04. The number of nitrogens with one attached hydrogen (secondary N) is 1. The molecule has 0 amide bonds. The maximum atomic E-state index is 6.83. The van der Waals surface area contributed by atoms with E-state index in [0.29, 0.717) is 6.54 Å². The van der Waals surface area contributed by atoms with Gasteiger partial charge in [0, 0.05) is 13.7 Å².